The van der Waals surface area contributed by atoms with Crippen LogP contribution >= 0.6 is 0 Å². The Bertz CT molecular complexity index is 1110. The van der Waals surface area contributed by atoms with Gasteiger partial charge in [-0.25, -0.2) is 0 Å². The molecule has 4 nitrogen and oxygen atoms in total. The summed E-state index contributed by atoms with van der Waals surface area (Å²) in [5.41, 5.74) is 3.87. The summed E-state index contributed by atoms with van der Waals surface area (Å²) in [5, 5.41) is 0.935. The molecule has 0 saturated carbocycles. The number of fused-ring (bicyclic) bond motifs is 1. The molecule has 0 N–H and O–H groups in total. The van der Waals surface area contributed by atoms with E-state index in [-0.39, 0.29) is 5.91 Å². The van der Waals surface area contributed by atoms with E-state index < -0.39 is 0 Å². The molecule has 1 fully saturated rings. The highest BCUT2D eigenvalue weighted by molar-refractivity contribution is 6.06. The zero-order chi connectivity index (χ0) is 20.3. The number of furan rings is 1. The van der Waals surface area contributed by atoms with Gasteiger partial charge in [0.15, 0.2) is 5.76 Å². The fourth-order valence-corrected chi connectivity index (χ4v) is 3.98. The summed E-state index contributed by atoms with van der Waals surface area (Å²) in [5.74, 6) is 0.569. The molecule has 5 rings (SSSR count). The number of para-hydroxylation sites is 1. The highest BCUT2D eigenvalue weighted by atomic mass is 16.5. The van der Waals surface area contributed by atoms with Crippen molar-refractivity contribution >= 4 is 22.6 Å². The molecule has 150 valence electrons. The Balaban J connectivity index is 1.47. The number of nitrogens with zero attached hydrogens (tertiary/aromatic N) is 1. The van der Waals surface area contributed by atoms with Gasteiger partial charge in [-0.2, -0.15) is 0 Å². The van der Waals surface area contributed by atoms with Gasteiger partial charge in [-0.15, -0.1) is 0 Å². The van der Waals surface area contributed by atoms with Gasteiger partial charge in [0.25, 0.3) is 5.91 Å². The summed E-state index contributed by atoms with van der Waals surface area (Å²) in [6.07, 6.45) is 0.964. The van der Waals surface area contributed by atoms with Crippen LogP contribution in [0.2, 0.25) is 0 Å². The monoisotopic (exact) mass is 397 g/mol. The molecule has 0 bridgehead atoms. The molecule has 1 aliphatic rings. The molecular weight excluding hydrogens is 374 g/mol. The van der Waals surface area contributed by atoms with Gasteiger partial charge >= 0.3 is 0 Å². The lowest BCUT2D eigenvalue weighted by Gasteiger charge is -2.25. The van der Waals surface area contributed by atoms with Crippen LogP contribution in [0.3, 0.4) is 0 Å². The molecule has 0 radical (unpaired) electrons. The Kier molecular flexibility index (Phi) is 5.08. The van der Waals surface area contributed by atoms with E-state index in [1.165, 1.54) is 0 Å². The molecule has 30 heavy (non-hydrogen) atoms. The molecular formula is C26H23NO3. The van der Waals surface area contributed by atoms with Crippen LogP contribution in [-0.2, 0) is 4.74 Å². The number of rotatable bonds is 5. The van der Waals surface area contributed by atoms with E-state index in [0.29, 0.717) is 24.8 Å². The minimum absolute atomic E-state index is 0.120. The summed E-state index contributed by atoms with van der Waals surface area (Å²) in [6, 6.07) is 27.9. The molecule has 1 unspecified atom stereocenters. The third-order valence-corrected chi connectivity index (χ3v) is 5.63. The minimum atomic E-state index is -0.120. The van der Waals surface area contributed by atoms with Gasteiger partial charge in [0.1, 0.15) is 5.58 Å². The van der Waals surface area contributed by atoms with Crippen molar-refractivity contribution in [3.63, 3.8) is 0 Å². The lowest BCUT2D eigenvalue weighted by Crippen LogP contribution is -2.35. The van der Waals surface area contributed by atoms with Gasteiger partial charge < -0.3 is 14.1 Å². The average molecular weight is 397 g/mol. The molecule has 1 atom stereocenters. The van der Waals surface area contributed by atoms with Gasteiger partial charge in [-0.3, -0.25) is 4.79 Å². The quantitative estimate of drug-likeness (QED) is 0.428. The predicted molar refractivity (Wildman–Crippen MR) is 119 cm³/mol. The zero-order valence-electron chi connectivity index (χ0n) is 16.7. The summed E-state index contributed by atoms with van der Waals surface area (Å²) < 4.78 is 11.4. The molecule has 0 spiro atoms. The van der Waals surface area contributed by atoms with E-state index in [1.54, 1.807) is 0 Å². The van der Waals surface area contributed by atoms with Crippen molar-refractivity contribution in [2.24, 2.45) is 5.92 Å². The number of hydrogen-bond donors (Lipinski definition) is 0. The second-order valence-corrected chi connectivity index (χ2v) is 7.71. The third-order valence-electron chi connectivity index (χ3n) is 5.63. The standard InChI is InChI=1S/C26H23NO3/c28-26(25-16-22-8-4-5-9-24(22)30-25)27(17-19-14-15-29-18-19)23-12-10-21(11-13-23)20-6-2-1-3-7-20/h1-13,16,19H,14-15,17-18H2. The first-order valence-electron chi connectivity index (χ1n) is 10.3. The average Bonchev–Trinajstić information content (AvgIpc) is 3.47. The molecule has 4 aromatic rings. The first kappa shape index (κ1) is 18.6. The van der Waals surface area contributed by atoms with Crippen molar-refractivity contribution in [3.8, 4) is 11.1 Å². The highest BCUT2D eigenvalue weighted by Gasteiger charge is 2.26. The summed E-state index contributed by atoms with van der Waals surface area (Å²) in [6.45, 7) is 2.05. The lowest BCUT2D eigenvalue weighted by molar-refractivity contribution is 0.0956. The zero-order valence-corrected chi connectivity index (χ0v) is 16.7. The maximum atomic E-state index is 13.4. The van der Waals surface area contributed by atoms with Crippen LogP contribution < -0.4 is 4.90 Å². The van der Waals surface area contributed by atoms with Crippen molar-refractivity contribution < 1.29 is 13.9 Å². The number of hydrogen-bond acceptors (Lipinski definition) is 3. The largest absolute Gasteiger partial charge is 0.451 e. The van der Waals surface area contributed by atoms with Crippen molar-refractivity contribution in [3.05, 3.63) is 90.7 Å². The maximum Gasteiger partial charge on any atom is 0.294 e. The smallest absolute Gasteiger partial charge is 0.294 e. The fraction of sp³-hybridized carbons (Fsp3) is 0.192. The number of ether oxygens (including phenoxy) is 1. The van der Waals surface area contributed by atoms with Gasteiger partial charge in [-0.1, -0.05) is 60.7 Å². The van der Waals surface area contributed by atoms with E-state index in [9.17, 15) is 4.79 Å². The van der Waals surface area contributed by atoms with Crippen LogP contribution in [-0.4, -0.2) is 25.7 Å². The van der Waals surface area contributed by atoms with Crippen LogP contribution in [0.4, 0.5) is 5.69 Å². The normalized spacial score (nSPS) is 16.1. The van der Waals surface area contributed by atoms with E-state index in [0.717, 1.165) is 40.8 Å². The molecule has 0 aliphatic carbocycles. The minimum Gasteiger partial charge on any atom is -0.451 e. The van der Waals surface area contributed by atoms with Crippen LogP contribution in [0.25, 0.3) is 22.1 Å². The second kappa shape index (κ2) is 8.17. The fourth-order valence-electron chi connectivity index (χ4n) is 3.98. The maximum absolute atomic E-state index is 13.4. The Morgan fingerprint density at radius 1 is 0.900 bits per heavy atom. The van der Waals surface area contributed by atoms with E-state index in [4.69, 9.17) is 9.15 Å². The third kappa shape index (κ3) is 3.74. The van der Waals surface area contributed by atoms with Crippen LogP contribution in [0, 0.1) is 5.92 Å². The van der Waals surface area contributed by atoms with Gasteiger partial charge in [0, 0.05) is 30.1 Å². The SMILES string of the molecule is O=C(c1cc2ccccc2o1)N(CC1CCOC1)c1ccc(-c2ccccc2)cc1. The number of anilines is 1. The Hall–Kier alpha value is -3.37. The predicted octanol–water partition coefficient (Wildman–Crippen LogP) is 5.78. The lowest BCUT2D eigenvalue weighted by atomic mass is 10.0. The molecule has 1 aromatic heterocycles. The van der Waals surface area contributed by atoms with E-state index >= 15 is 0 Å². The number of carbonyl (C=O) groups is 1. The van der Waals surface area contributed by atoms with Gasteiger partial charge in [0.05, 0.1) is 6.61 Å². The molecule has 1 saturated heterocycles. The van der Waals surface area contributed by atoms with Gasteiger partial charge in [-0.05, 0) is 41.8 Å². The van der Waals surface area contributed by atoms with Crippen LogP contribution in [0.5, 0.6) is 0 Å². The highest BCUT2D eigenvalue weighted by Crippen LogP contribution is 2.28. The molecule has 4 heteroatoms. The van der Waals surface area contributed by atoms with Crippen molar-refractivity contribution in [2.75, 3.05) is 24.7 Å². The van der Waals surface area contributed by atoms with Crippen LogP contribution in [0.15, 0.2) is 89.3 Å². The molecule has 1 aliphatic heterocycles. The molecule has 3 aromatic carbocycles. The van der Waals surface area contributed by atoms with Crippen LogP contribution in [0.1, 0.15) is 17.0 Å². The number of carbonyl (C=O) groups excluding carboxylic acids is 1. The van der Waals surface area contributed by atoms with Crippen molar-refractivity contribution in [1.29, 1.82) is 0 Å². The topological polar surface area (TPSA) is 42.7 Å². The van der Waals surface area contributed by atoms with E-state index in [1.807, 2.05) is 65.6 Å². The van der Waals surface area contributed by atoms with Crippen molar-refractivity contribution in [2.45, 2.75) is 6.42 Å². The van der Waals surface area contributed by atoms with Crippen molar-refractivity contribution in [1.82, 2.24) is 0 Å². The summed E-state index contributed by atoms with van der Waals surface area (Å²) >= 11 is 0. The summed E-state index contributed by atoms with van der Waals surface area (Å²) in [4.78, 5) is 15.3. The van der Waals surface area contributed by atoms with Gasteiger partial charge in [0.2, 0.25) is 0 Å². The Labute approximate surface area is 175 Å². The first-order chi connectivity index (χ1) is 14.8. The number of benzene rings is 3. The Morgan fingerprint density at radius 2 is 1.63 bits per heavy atom. The number of amides is 1. The van der Waals surface area contributed by atoms with E-state index in [2.05, 4.69) is 24.3 Å². The molecule has 1 amide bonds. The first-order valence-corrected chi connectivity index (χ1v) is 10.3. The second-order valence-electron chi connectivity index (χ2n) is 7.71. The molecule has 2 heterocycles. The Morgan fingerprint density at radius 3 is 2.37 bits per heavy atom. The summed E-state index contributed by atoms with van der Waals surface area (Å²) in [7, 11) is 0.